The molecule has 4 amide bonds. The highest BCUT2D eigenvalue weighted by atomic mass is 35.5. The summed E-state index contributed by atoms with van der Waals surface area (Å²) in [6.07, 6.45) is 0.530. The van der Waals surface area contributed by atoms with E-state index in [4.69, 9.17) is 30.5 Å². The number of piperidine rings is 1. The van der Waals surface area contributed by atoms with Gasteiger partial charge in [-0.3, -0.25) is 14.6 Å². The van der Waals surface area contributed by atoms with E-state index in [9.17, 15) is 23.6 Å². The maximum Gasteiger partial charge on any atom is 0.410 e. The van der Waals surface area contributed by atoms with Gasteiger partial charge >= 0.3 is 18.3 Å². The maximum atomic E-state index is 14.9. The molecule has 372 valence electrons. The second-order valence-corrected chi connectivity index (χ2v) is 20.2. The summed E-state index contributed by atoms with van der Waals surface area (Å²) in [5, 5.41) is 7.12. The quantitative estimate of drug-likeness (QED) is 0.143. The van der Waals surface area contributed by atoms with E-state index in [2.05, 4.69) is 20.4 Å². The van der Waals surface area contributed by atoms with Crippen molar-refractivity contribution in [2.75, 3.05) is 83.9 Å². The molecule has 0 aromatic heterocycles. The summed E-state index contributed by atoms with van der Waals surface area (Å²) in [5.74, 6) is -0.0631. The molecule has 0 radical (unpaired) electrons. The van der Waals surface area contributed by atoms with Gasteiger partial charge in [0.1, 0.15) is 35.4 Å². The van der Waals surface area contributed by atoms with Gasteiger partial charge < -0.3 is 44.3 Å². The number of amides is 4. The summed E-state index contributed by atoms with van der Waals surface area (Å²) < 4.78 is 37.7. The molecule has 3 aromatic carbocycles. The van der Waals surface area contributed by atoms with Gasteiger partial charge in [0.25, 0.3) is 0 Å². The number of rotatable bonds is 15. The monoisotopic (exact) mass is 964 g/mol. The largest absolute Gasteiger partial charge is 0.493 e. The Morgan fingerprint density at radius 3 is 2.15 bits per heavy atom. The zero-order chi connectivity index (χ0) is 49.0. The van der Waals surface area contributed by atoms with Crippen molar-refractivity contribution in [3.8, 4) is 5.75 Å². The minimum atomic E-state index is -0.780. The Kier molecular flexibility index (Phi) is 18.2. The zero-order valence-electron chi connectivity index (χ0n) is 40.9. The Balaban J connectivity index is 1.07. The third-order valence-corrected chi connectivity index (χ3v) is 12.6. The molecule has 6 rings (SSSR count). The second-order valence-electron chi connectivity index (χ2n) is 19.8. The van der Waals surface area contributed by atoms with Crippen LogP contribution in [0.2, 0.25) is 5.02 Å². The molecule has 0 bridgehead atoms. The van der Waals surface area contributed by atoms with Gasteiger partial charge in [0.2, 0.25) is 5.91 Å². The second kappa shape index (κ2) is 23.8. The van der Waals surface area contributed by atoms with Crippen LogP contribution >= 0.6 is 11.6 Å². The van der Waals surface area contributed by atoms with Gasteiger partial charge in [0.05, 0.1) is 12.6 Å². The fraction of sp³-hybridized carbons (Fsp3) is 0.569. The number of hydrogen-bond acceptors (Lipinski definition) is 11. The van der Waals surface area contributed by atoms with Crippen LogP contribution in [0.1, 0.15) is 78.0 Å². The molecule has 0 unspecified atom stereocenters. The Hall–Kier alpha value is -5.32. The highest BCUT2D eigenvalue weighted by molar-refractivity contribution is 6.30. The lowest BCUT2D eigenvalue weighted by atomic mass is 9.88. The molecule has 2 N–H and O–H groups in total. The number of carbonyl (C=O) groups excluding carboxylic acids is 4. The van der Waals surface area contributed by atoms with Crippen molar-refractivity contribution in [2.24, 2.45) is 5.92 Å². The number of piperazine rings is 2. The number of nitrogens with one attached hydrogen (secondary N) is 2. The van der Waals surface area contributed by atoms with Crippen molar-refractivity contribution in [2.45, 2.75) is 104 Å². The van der Waals surface area contributed by atoms with E-state index in [1.807, 2.05) is 97.0 Å². The van der Waals surface area contributed by atoms with Crippen LogP contribution in [0.15, 0.2) is 66.7 Å². The Morgan fingerprint density at radius 1 is 0.794 bits per heavy atom. The van der Waals surface area contributed by atoms with E-state index in [1.165, 1.54) is 6.07 Å². The van der Waals surface area contributed by atoms with E-state index in [-0.39, 0.29) is 30.8 Å². The molecule has 3 fully saturated rings. The number of anilines is 1. The summed E-state index contributed by atoms with van der Waals surface area (Å²) in [7, 11) is 0. The Bertz CT molecular complexity index is 2160. The highest BCUT2D eigenvalue weighted by Gasteiger charge is 2.38. The predicted octanol–water partition coefficient (Wildman–Crippen LogP) is 8.04. The number of hydrogen-bond donors (Lipinski definition) is 2. The van der Waals surface area contributed by atoms with E-state index in [0.29, 0.717) is 108 Å². The number of benzene rings is 3. The number of halogens is 2. The lowest BCUT2D eigenvalue weighted by molar-refractivity contribution is -0.137. The molecule has 2 atom stereocenters. The molecule has 3 aromatic rings. The maximum absolute atomic E-state index is 14.9. The molecule has 0 saturated carbocycles. The standard InChI is InChI=1S/C51H71ClFN7O8/c1-8-65-44-16-12-15-42(53)41(44)34-57-25-27-58(28-26-57)46(61)45(55-47(62)66-35-36-13-10-9-11-14-36)37-19-22-56(23-20-37)24-21-38-31-39(52)17-18-43(38)54-32-40-33-59(48(63)67-50(2,3)4)29-30-60(40)49(64)68-51(5,6)7/h9-18,31,37,40,45,54H,8,19-30,32-35H2,1-7H3,(H,55,62)/t40-,45-/m1/s1. The summed E-state index contributed by atoms with van der Waals surface area (Å²) in [6, 6.07) is 18.8. The number of nitrogens with zero attached hydrogens (tertiary/aromatic N) is 5. The van der Waals surface area contributed by atoms with Crippen molar-refractivity contribution >= 4 is 41.5 Å². The van der Waals surface area contributed by atoms with Crippen molar-refractivity contribution in [1.29, 1.82) is 0 Å². The molecular formula is C51H71ClFN7O8. The van der Waals surface area contributed by atoms with E-state index in [1.54, 1.807) is 26.8 Å². The van der Waals surface area contributed by atoms with Gasteiger partial charge in [-0.05, 0) is 128 Å². The molecule has 3 aliphatic rings. The first-order valence-corrected chi connectivity index (χ1v) is 24.3. The fourth-order valence-corrected chi connectivity index (χ4v) is 9.04. The summed E-state index contributed by atoms with van der Waals surface area (Å²) in [5.41, 5.74) is 1.87. The molecule has 0 spiro atoms. The van der Waals surface area contributed by atoms with Crippen LogP contribution in [0, 0.1) is 11.7 Å². The van der Waals surface area contributed by atoms with E-state index in [0.717, 1.165) is 23.4 Å². The van der Waals surface area contributed by atoms with Crippen molar-refractivity contribution < 1.29 is 42.5 Å². The van der Waals surface area contributed by atoms with E-state index < -0.39 is 41.6 Å². The normalized spacial score (nSPS) is 18.1. The number of ether oxygens (including phenoxy) is 4. The van der Waals surface area contributed by atoms with E-state index >= 15 is 0 Å². The number of carbonyl (C=O) groups is 4. The van der Waals surface area contributed by atoms with Gasteiger partial charge in [-0.15, -0.1) is 0 Å². The van der Waals surface area contributed by atoms with Crippen LogP contribution in [0.5, 0.6) is 5.75 Å². The first-order chi connectivity index (χ1) is 32.4. The average Bonchev–Trinajstić information content (AvgIpc) is 3.29. The highest BCUT2D eigenvalue weighted by Crippen LogP contribution is 2.28. The molecule has 17 heteroatoms. The molecule has 68 heavy (non-hydrogen) atoms. The number of likely N-dealkylation sites (tertiary alicyclic amines) is 1. The minimum absolute atomic E-state index is 0.0814. The Labute approximate surface area is 406 Å². The van der Waals surface area contributed by atoms with Crippen molar-refractivity contribution in [3.05, 3.63) is 94.3 Å². The van der Waals surface area contributed by atoms with Crippen LogP contribution in [-0.2, 0) is 38.6 Å². The first-order valence-electron chi connectivity index (χ1n) is 24.0. The SMILES string of the molecule is CCOc1cccc(F)c1CN1CCN(C(=O)[C@H](NC(=O)OCc2ccccc2)C2CCN(CCc3cc(Cl)ccc3NC[C@@H]3CN(C(=O)OC(C)(C)C)CCN3C(=O)OC(C)(C)C)CC2)CC1. The van der Waals surface area contributed by atoms with Gasteiger partial charge in [0, 0.05) is 81.7 Å². The van der Waals surface area contributed by atoms with Gasteiger partial charge in [-0.1, -0.05) is 48.0 Å². The lowest BCUT2D eigenvalue weighted by Crippen LogP contribution is -2.59. The van der Waals surface area contributed by atoms with Gasteiger partial charge in [-0.25, -0.2) is 18.8 Å². The van der Waals surface area contributed by atoms with Crippen LogP contribution in [0.3, 0.4) is 0 Å². The third kappa shape index (κ3) is 15.3. The van der Waals surface area contributed by atoms with Gasteiger partial charge in [0.15, 0.2) is 0 Å². The zero-order valence-corrected chi connectivity index (χ0v) is 41.6. The Morgan fingerprint density at radius 2 is 1.47 bits per heavy atom. The summed E-state index contributed by atoms with van der Waals surface area (Å²) in [6.45, 7) is 19.1. The molecule has 15 nitrogen and oxygen atoms in total. The van der Waals surface area contributed by atoms with Gasteiger partial charge in [-0.2, -0.15) is 0 Å². The number of alkyl carbamates (subject to hydrolysis) is 1. The topological polar surface area (TPSA) is 145 Å². The molecular weight excluding hydrogens is 893 g/mol. The van der Waals surface area contributed by atoms with Crippen LogP contribution in [-0.4, -0.2) is 151 Å². The smallest absolute Gasteiger partial charge is 0.410 e. The van der Waals surface area contributed by atoms with Crippen LogP contribution < -0.4 is 15.4 Å². The molecule has 3 aliphatic heterocycles. The average molecular weight is 965 g/mol. The van der Waals surface area contributed by atoms with Crippen molar-refractivity contribution in [1.82, 2.24) is 29.8 Å². The molecule has 0 aliphatic carbocycles. The molecule has 3 heterocycles. The lowest BCUT2D eigenvalue weighted by Gasteiger charge is -2.42. The van der Waals surface area contributed by atoms with Crippen LogP contribution in [0.25, 0.3) is 0 Å². The predicted molar refractivity (Wildman–Crippen MR) is 260 cm³/mol. The summed E-state index contributed by atoms with van der Waals surface area (Å²) in [4.78, 5) is 63.9. The fourth-order valence-electron chi connectivity index (χ4n) is 8.84. The van der Waals surface area contributed by atoms with Crippen molar-refractivity contribution in [3.63, 3.8) is 0 Å². The molecule has 3 saturated heterocycles. The third-order valence-electron chi connectivity index (χ3n) is 12.4. The minimum Gasteiger partial charge on any atom is -0.493 e. The van der Waals surface area contributed by atoms with Crippen LogP contribution in [0.4, 0.5) is 24.5 Å². The summed E-state index contributed by atoms with van der Waals surface area (Å²) >= 11 is 6.56. The first kappa shape index (κ1) is 52.1.